The number of amides is 1. The van der Waals surface area contributed by atoms with Crippen LogP contribution in [0.25, 0.3) is 0 Å². The van der Waals surface area contributed by atoms with E-state index in [1.807, 2.05) is 24.3 Å². The molecule has 1 amide bonds. The molecular weight excluding hydrogens is 469 g/mol. The highest BCUT2D eigenvalue weighted by Gasteiger charge is 2.35. The van der Waals surface area contributed by atoms with Gasteiger partial charge in [0.1, 0.15) is 0 Å². The monoisotopic (exact) mass is 500 g/mol. The Bertz CT molecular complexity index is 1070. The third kappa shape index (κ3) is 6.30. The zero-order valence-corrected chi connectivity index (χ0v) is 20.0. The van der Waals surface area contributed by atoms with Gasteiger partial charge in [-0.1, -0.05) is 25.0 Å². The summed E-state index contributed by atoms with van der Waals surface area (Å²) >= 11 is 0. The molecule has 0 aromatic heterocycles. The molecule has 1 aliphatic carbocycles. The normalized spacial score (nSPS) is 22.6. The number of piperidine rings is 1. The minimum absolute atomic E-state index is 0.0183. The van der Waals surface area contributed by atoms with Crippen molar-refractivity contribution in [1.29, 1.82) is 5.26 Å². The first kappa shape index (κ1) is 25.8. The number of anilines is 1. The van der Waals surface area contributed by atoms with Gasteiger partial charge in [0.05, 0.1) is 23.2 Å². The van der Waals surface area contributed by atoms with Crippen LogP contribution in [0.5, 0.6) is 0 Å². The minimum Gasteiger partial charge on any atom is -0.465 e. The minimum atomic E-state index is -4.42. The van der Waals surface area contributed by atoms with Gasteiger partial charge in [0.2, 0.25) is 0 Å². The first-order valence-electron chi connectivity index (χ1n) is 12.4. The molecule has 1 aliphatic heterocycles. The summed E-state index contributed by atoms with van der Waals surface area (Å²) in [6, 6.07) is 14.4. The molecule has 2 aromatic rings. The van der Waals surface area contributed by atoms with Gasteiger partial charge in [-0.2, -0.15) is 18.4 Å². The van der Waals surface area contributed by atoms with Crippen LogP contribution in [0.2, 0.25) is 0 Å². The van der Waals surface area contributed by atoms with Crippen LogP contribution < -0.4 is 10.2 Å². The predicted molar refractivity (Wildman–Crippen MR) is 131 cm³/mol. The molecule has 2 aromatic carbocycles. The molecule has 0 unspecified atom stereocenters. The molecule has 6 nitrogen and oxygen atoms in total. The molecule has 1 saturated carbocycles. The average Bonchev–Trinajstić information content (AvgIpc) is 2.87. The molecule has 1 heterocycles. The van der Waals surface area contributed by atoms with Gasteiger partial charge in [0, 0.05) is 37.4 Å². The summed E-state index contributed by atoms with van der Waals surface area (Å²) in [5, 5.41) is 22.8. The van der Waals surface area contributed by atoms with Crippen LogP contribution in [0.3, 0.4) is 0 Å². The summed E-state index contributed by atoms with van der Waals surface area (Å²) in [6.45, 7) is 1.77. The first-order chi connectivity index (χ1) is 17.2. The highest BCUT2D eigenvalue weighted by Crippen LogP contribution is 2.31. The smallest absolute Gasteiger partial charge is 0.416 e. The topological polar surface area (TPSA) is 79.6 Å². The number of rotatable bonds is 6. The van der Waals surface area contributed by atoms with Gasteiger partial charge in [-0.3, -0.25) is 4.90 Å². The van der Waals surface area contributed by atoms with Crippen LogP contribution in [0.4, 0.5) is 23.7 Å². The maximum atomic E-state index is 12.9. The van der Waals surface area contributed by atoms with Crippen molar-refractivity contribution in [2.75, 3.05) is 18.0 Å². The lowest BCUT2D eigenvalue weighted by Gasteiger charge is -2.43. The van der Waals surface area contributed by atoms with Crippen LogP contribution in [0.15, 0.2) is 48.5 Å². The molecule has 2 aliphatic rings. The van der Waals surface area contributed by atoms with E-state index in [1.54, 1.807) is 0 Å². The third-order valence-electron chi connectivity index (χ3n) is 7.24. The number of carbonyl (C=O) groups is 1. The summed E-state index contributed by atoms with van der Waals surface area (Å²) in [5.74, 6) is 0. The Balaban J connectivity index is 1.44. The largest absolute Gasteiger partial charge is 0.465 e. The summed E-state index contributed by atoms with van der Waals surface area (Å²) < 4.78 is 38.7. The van der Waals surface area contributed by atoms with E-state index in [2.05, 4.69) is 16.3 Å². The SMILES string of the molecule is N#Cc1ccc(N2CCC[C@H](N[C@@H]3CCCC[C@H]3N(Cc3ccc(C(F)(F)F)cc3)C(=O)O)C2)cc1. The van der Waals surface area contributed by atoms with Crippen molar-refractivity contribution in [3.05, 3.63) is 65.2 Å². The van der Waals surface area contributed by atoms with Gasteiger partial charge in [0.15, 0.2) is 0 Å². The molecule has 0 radical (unpaired) electrons. The maximum Gasteiger partial charge on any atom is 0.416 e. The maximum absolute atomic E-state index is 12.9. The number of halogens is 3. The lowest BCUT2D eigenvalue weighted by molar-refractivity contribution is -0.137. The van der Waals surface area contributed by atoms with E-state index in [4.69, 9.17) is 5.26 Å². The highest BCUT2D eigenvalue weighted by atomic mass is 19.4. The molecule has 2 N–H and O–H groups in total. The predicted octanol–water partition coefficient (Wildman–Crippen LogP) is 5.63. The van der Waals surface area contributed by atoms with Gasteiger partial charge < -0.3 is 15.3 Å². The Labute approximate surface area is 209 Å². The van der Waals surface area contributed by atoms with E-state index >= 15 is 0 Å². The van der Waals surface area contributed by atoms with E-state index in [9.17, 15) is 23.1 Å². The number of hydrogen-bond acceptors (Lipinski definition) is 4. The lowest BCUT2D eigenvalue weighted by atomic mass is 9.87. The molecule has 1 saturated heterocycles. The van der Waals surface area contributed by atoms with Crippen molar-refractivity contribution in [2.24, 2.45) is 0 Å². The van der Waals surface area contributed by atoms with Crippen LogP contribution >= 0.6 is 0 Å². The van der Waals surface area contributed by atoms with Crippen LogP contribution in [0, 0.1) is 11.3 Å². The summed E-state index contributed by atoms with van der Waals surface area (Å²) in [7, 11) is 0. The van der Waals surface area contributed by atoms with Crippen LogP contribution in [-0.4, -0.2) is 47.3 Å². The van der Waals surface area contributed by atoms with E-state index in [1.165, 1.54) is 17.0 Å². The molecule has 0 spiro atoms. The van der Waals surface area contributed by atoms with Crippen LogP contribution in [-0.2, 0) is 12.7 Å². The fourth-order valence-corrected chi connectivity index (χ4v) is 5.40. The average molecular weight is 501 g/mol. The van der Waals surface area contributed by atoms with Gasteiger partial charge in [-0.15, -0.1) is 0 Å². The quantitative estimate of drug-likeness (QED) is 0.538. The second-order valence-corrected chi connectivity index (χ2v) is 9.67. The number of carboxylic acid groups (broad SMARTS) is 1. The second-order valence-electron chi connectivity index (χ2n) is 9.67. The zero-order chi connectivity index (χ0) is 25.7. The van der Waals surface area contributed by atoms with E-state index < -0.39 is 17.8 Å². The Morgan fingerprint density at radius 3 is 2.39 bits per heavy atom. The molecule has 4 rings (SSSR count). The Hall–Kier alpha value is -3.25. The molecule has 3 atom stereocenters. The number of benzene rings is 2. The third-order valence-corrected chi connectivity index (χ3v) is 7.24. The molecule has 2 fully saturated rings. The highest BCUT2D eigenvalue weighted by molar-refractivity contribution is 5.65. The molecule has 192 valence electrons. The summed E-state index contributed by atoms with van der Waals surface area (Å²) in [4.78, 5) is 15.9. The zero-order valence-electron chi connectivity index (χ0n) is 20.0. The fourth-order valence-electron chi connectivity index (χ4n) is 5.40. The van der Waals surface area contributed by atoms with Crippen molar-refractivity contribution < 1.29 is 23.1 Å². The van der Waals surface area contributed by atoms with Crippen molar-refractivity contribution in [3.63, 3.8) is 0 Å². The van der Waals surface area contributed by atoms with Gasteiger partial charge in [0.25, 0.3) is 0 Å². The van der Waals surface area contributed by atoms with Crippen LogP contribution in [0.1, 0.15) is 55.2 Å². The molecular formula is C27H31F3N4O2. The fraction of sp³-hybridized carbons (Fsp3) is 0.481. The lowest BCUT2D eigenvalue weighted by Crippen LogP contribution is -2.58. The number of alkyl halides is 3. The number of hydrogen-bond donors (Lipinski definition) is 2. The number of nitrogens with zero attached hydrogens (tertiary/aromatic N) is 3. The van der Waals surface area contributed by atoms with E-state index in [-0.39, 0.29) is 24.7 Å². The Kier molecular flexibility index (Phi) is 8.04. The van der Waals surface area contributed by atoms with E-state index in [0.29, 0.717) is 11.1 Å². The van der Waals surface area contributed by atoms with Gasteiger partial charge in [-0.05, 0) is 67.6 Å². The van der Waals surface area contributed by atoms with Gasteiger partial charge in [-0.25, -0.2) is 4.79 Å². The number of nitrogens with one attached hydrogen (secondary N) is 1. The van der Waals surface area contributed by atoms with Crippen molar-refractivity contribution in [3.8, 4) is 6.07 Å². The summed E-state index contributed by atoms with van der Waals surface area (Å²) in [6.07, 6.45) is 0.0120. The Morgan fingerprint density at radius 1 is 1.06 bits per heavy atom. The molecule has 9 heteroatoms. The second kappa shape index (κ2) is 11.2. The Morgan fingerprint density at radius 2 is 1.75 bits per heavy atom. The first-order valence-corrected chi connectivity index (χ1v) is 12.4. The van der Waals surface area contributed by atoms with Crippen molar-refractivity contribution in [1.82, 2.24) is 10.2 Å². The van der Waals surface area contributed by atoms with E-state index in [0.717, 1.165) is 69.4 Å². The standard InChI is InChI=1S/C27H31F3N4O2/c28-27(29,30)21-11-7-20(8-12-21)17-34(26(35)36)25-6-2-1-5-24(25)32-22-4-3-15-33(18-22)23-13-9-19(16-31)10-14-23/h7-14,22,24-25,32H,1-6,15,17-18H2,(H,35,36)/t22-,24+,25+/m0/s1. The summed E-state index contributed by atoms with van der Waals surface area (Å²) in [5.41, 5.74) is 1.49. The molecule has 0 bridgehead atoms. The number of nitriles is 1. The van der Waals surface area contributed by atoms with Gasteiger partial charge >= 0.3 is 12.3 Å². The van der Waals surface area contributed by atoms with Crippen molar-refractivity contribution in [2.45, 2.75) is 69.4 Å². The molecule has 36 heavy (non-hydrogen) atoms. The van der Waals surface area contributed by atoms with Crippen molar-refractivity contribution >= 4 is 11.8 Å².